The van der Waals surface area contributed by atoms with E-state index in [1.54, 1.807) is 18.6 Å². The first kappa shape index (κ1) is 10.3. The lowest BCUT2D eigenvalue weighted by molar-refractivity contribution is 0.112. The second-order valence-electron chi connectivity index (χ2n) is 3.16. The van der Waals surface area contributed by atoms with Crippen molar-refractivity contribution in [2.45, 2.75) is 0 Å². The van der Waals surface area contributed by atoms with Gasteiger partial charge in [0.05, 0.1) is 18.9 Å². The molecule has 0 aliphatic carbocycles. The van der Waals surface area contributed by atoms with Gasteiger partial charge in [-0.15, -0.1) is 0 Å². The normalized spacial score (nSPS) is 9.81. The van der Waals surface area contributed by atoms with Gasteiger partial charge in [0, 0.05) is 29.7 Å². The predicted octanol–water partition coefficient (Wildman–Crippen LogP) is 1.96. The fraction of sp³-hybridized carbons (Fsp3) is 0.0833. The van der Waals surface area contributed by atoms with Gasteiger partial charge >= 0.3 is 0 Å². The van der Waals surface area contributed by atoms with Crippen LogP contribution in [0.25, 0.3) is 11.1 Å². The molecule has 16 heavy (non-hydrogen) atoms. The maximum atomic E-state index is 11.1. The molecule has 4 nitrogen and oxygen atoms in total. The third-order valence-electron chi connectivity index (χ3n) is 2.26. The molecule has 2 heterocycles. The van der Waals surface area contributed by atoms with Crippen molar-refractivity contribution >= 4 is 6.29 Å². The van der Waals surface area contributed by atoms with Gasteiger partial charge < -0.3 is 4.74 Å². The van der Waals surface area contributed by atoms with Gasteiger partial charge in [0.15, 0.2) is 6.29 Å². The number of rotatable bonds is 3. The molecule has 0 aromatic carbocycles. The van der Waals surface area contributed by atoms with Gasteiger partial charge in [-0.3, -0.25) is 14.8 Å². The number of aromatic nitrogens is 2. The summed E-state index contributed by atoms with van der Waals surface area (Å²) in [4.78, 5) is 19.1. The molecule has 4 heteroatoms. The Morgan fingerprint density at radius 3 is 2.75 bits per heavy atom. The zero-order valence-corrected chi connectivity index (χ0v) is 8.75. The van der Waals surface area contributed by atoms with Crippen molar-refractivity contribution in [2.75, 3.05) is 7.11 Å². The molecule has 0 unspecified atom stereocenters. The van der Waals surface area contributed by atoms with Crippen molar-refractivity contribution in [3.8, 4) is 16.9 Å². The highest BCUT2D eigenvalue weighted by Crippen LogP contribution is 2.27. The predicted molar refractivity (Wildman–Crippen MR) is 59.4 cm³/mol. The lowest BCUT2D eigenvalue weighted by atomic mass is 10.0. The average Bonchev–Trinajstić information content (AvgIpc) is 2.38. The smallest absolute Gasteiger partial charge is 0.154 e. The molecule has 0 atom stereocenters. The van der Waals surface area contributed by atoms with Crippen LogP contribution in [0.1, 0.15) is 10.4 Å². The van der Waals surface area contributed by atoms with Crippen LogP contribution in [-0.4, -0.2) is 23.4 Å². The standard InChI is InChI=1S/C12H10N2O2/c1-16-12-7-14-6-10(11(12)8-15)9-3-2-4-13-5-9/h2-8H,1H3. The number of carbonyl (C=O) groups excluding carboxylic acids is 1. The highest BCUT2D eigenvalue weighted by molar-refractivity contribution is 5.90. The Bertz CT molecular complexity index is 498. The van der Waals surface area contributed by atoms with Crippen molar-refractivity contribution in [3.63, 3.8) is 0 Å². The van der Waals surface area contributed by atoms with E-state index < -0.39 is 0 Å². The third-order valence-corrected chi connectivity index (χ3v) is 2.26. The summed E-state index contributed by atoms with van der Waals surface area (Å²) in [7, 11) is 1.51. The number of pyridine rings is 2. The minimum absolute atomic E-state index is 0.469. The fourth-order valence-electron chi connectivity index (χ4n) is 1.49. The first-order chi connectivity index (χ1) is 7.86. The quantitative estimate of drug-likeness (QED) is 0.733. The summed E-state index contributed by atoms with van der Waals surface area (Å²) in [5.74, 6) is 0.469. The van der Waals surface area contributed by atoms with Crippen LogP contribution < -0.4 is 4.74 Å². The molecule has 0 N–H and O–H groups in total. The van der Waals surface area contributed by atoms with Crippen LogP contribution in [0, 0.1) is 0 Å². The molecule has 2 aromatic rings. The van der Waals surface area contributed by atoms with Crippen LogP contribution in [-0.2, 0) is 0 Å². The van der Waals surface area contributed by atoms with Crippen LogP contribution in [0.5, 0.6) is 5.75 Å². The van der Waals surface area contributed by atoms with Gasteiger partial charge in [0.2, 0.25) is 0 Å². The van der Waals surface area contributed by atoms with Gasteiger partial charge in [-0.05, 0) is 6.07 Å². The second-order valence-corrected chi connectivity index (χ2v) is 3.16. The largest absolute Gasteiger partial charge is 0.494 e. The maximum Gasteiger partial charge on any atom is 0.154 e. The van der Waals surface area contributed by atoms with Crippen LogP contribution >= 0.6 is 0 Å². The number of methoxy groups -OCH3 is 1. The van der Waals surface area contributed by atoms with E-state index >= 15 is 0 Å². The van der Waals surface area contributed by atoms with Gasteiger partial charge in [0.1, 0.15) is 5.75 Å². The van der Waals surface area contributed by atoms with Gasteiger partial charge in [-0.25, -0.2) is 0 Å². The van der Waals surface area contributed by atoms with E-state index in [2.05, 4.69) is 9.97 Å². The molecule has 0 spiro atoms. The van der Waals surface area contributed by atoms with E-state index in [-0.39, 0.29) is 0 Å². The number of nitrogens with zero attached hydrogens (tertiary/aromatic N) is 2. The van der Waals surface area contributed by atoms with Crippen molar-refractivity contribution in [1.82, 2.24) is 9.97 Å². The Hall–Kier alpha value is -2.23. The summed E-state index contributed by atoms with van der Waals surface area (Å²) in [6.45, 7) is 0. The van der Waals surface area contributed by atoms with Crippen molar-refractivity contribution in [1.29, 1.82) is 0 Å². The summed E-state index contributed by atoms with van der Waals surface area (Å²) in [6.07, 6.45) is 7.27. The molecule has 2 aromatic heterocycles. The van der Waals surface area contributed by atoms with Crippen molar-refractivity contribution < 1.29 is 9.53 Å². The SMILES string of the molecule is COc1cncc(-c2cccnc2)c1C=O. The molecular weight excluding hydrogens is 204 g/mol. The van der Waals surface area contributed by atoms with E-state index in [4.69, 9.17) is 4.74 Å². The monoisotopic (exact) mass is 214 g/mol. The zero-order valence-electron chi connectivity index (χ0n) is 8.75. The summed E-state index contributed by atoms with van der Waals surface area (Å²) in [6, 6.07) is 3.68. The van der Waals surface area contributed by atoms with Crippen LogP contribution in [0.4, 0.5) is 0 Å². The highest BCUT2D eigenvalue weighted by Gasteiger charge is 2.10. The van der Waals surface area contributed by atoms with Crippen LogP contribution in [0.15, 0.2) is 36.9 Å². The van der Waals surface area contributed by atoms with E-state index in [1.165, 1.54) is 13.3 Å². The first-order valence-electron chi connectivity index (χ1n) is 4.74. The second kappa shape index (κ2) is 4.53. The maximum absolute atomic E-state index is 11.1. The molecule has 0 aliphatic rings. The topological polar surface area (TPSA) is 52.1 Å². The summed E-state index contributed by atoms with van der Waals surface area (Å²) in [5, 5.41) is 0. The average molecular weight is 214 g/mol. The van der Waals surface area contributed by atoms with Crippen LogP contribution in [0.2, 0.25) is 0 Å². The number of ether oxygens (including phenoxy) is 1. The lowest BCUT2D eigenvalue weighted by Crippen LogP contribution is -1.95. The Labute approximate surface area is 92.9 Å². The molecule has 0 fully saturated rings. The molecule has 0 aliphatic heterocycles. The molecule has 80 valence electrons. The first-order valence-corrected chi connectivity index (χ1v) is 4.74. The molecule has 0 radical (unpaired) electrons. The van der Waals surface area contributed by atoms with E-state index in [9.17, 15) is 4.79 Å². The molecule has 0 bridgehead atoms. The molecule has 0 saturated heterocycles. The number of hydrogen-bond donors (Lipinski definition) is 0. The molecule has 0 amide bonds. The molecule has 0 saturated carbocycles. The summed E-state index contributed by atoms with van der Waals surface area (Å²) < 4.78 is 5.08. The van der Waals surface area contributed by atoms with Crippen LogP contribution in [0.3, 0.4) is 0 Å². The van der Waals surface area contributed by atoms with E-state index in [1.807, 2.05) is 12.1 Å². The fourth-order valence-corrected chi connectivity index (χ4v) is 1.49. The van der Waals surface area contributed by atoms with E-state index in [0.29, 0.717) is 11.3 Å². The minimum atomic E-state index is 0.469. The van der Waals surface area contributed by atoms with Gasteiger partial charge in [-0.2, -0.15) is 0 Å². The summed E-state index contributed by atoms with van der Waals surface area (Å²) >= 11 is 0. The molecule has 2 rings (SSSR count). The highest BCUT2D eigenvalue weighted by atomic mass is 16.5. The Morgan fingerprint density at radius 1 is 1.25 bits per heavy atom. The minimum Gasteiger partial charge on any atom is -0.494 e. The Balaban J connectivity index is 2.61. The van der Waals surface area contributed by atoms with Gasteiger partial charge in [0.25, 0.3) is 0 Å². The molecular formula is C12H10N2O2. The lowest BCUT2D eigenvalue weighted by Gasteiger charge is -2.07. The Kier molecular flexibility index (Phi) is 2.91. The van der Waals surface area contributed by atoms with Gasteiger partial charge in [-0.1, -0.05) is 6.07 Å². The zero-order chi connectivity index (χ0) is 11.4. The number of hydrogen-bond acceptors (Lipinski definition) is 4. The van der Waals surface area contributed by atoms with E-state index in [0.717, 1.165) is 17.4 Å². The summed E-state index contributed by atoms with van der Waals surface area (Å²) in [5.41, 5.74) is 2.06. The third kappa shape index (κ3) is 1.77. The number of carbonyl (C=O) groups is 1. The number of aldehydes is 1. The van der Waals surface area contributed by atoms with Crippen molar-refractivity contribution in [3.05, 3.63) is 42.5 Å². The Morgan fingerprint density at radius 2 is 2.12 bits per heavy atom. The van der Waals surface area contributed by atoms with Crippen molar-refractivity contribution in [2.24, 2.45) is 0 Å².